The summed E-state index contributed by atoms with van der Waals surface area (Å²) in [4.78, 5) is 0. The maximum Gasteiger partial charge on any atom is 0.150 e. The molecule has 1 fully saturated rings. The van der Waals surface area contributed by atoms with Crippen LogP contribution in [0.1, 0.15) is 38.2 Å². The van der Waals surface area contributed by atoms with E-state index in [0.717, 1.165) is 25.1 Å². The van der Waals surface area contributed by atoms with E-state index in [1.165, 1.54) is 5.56 Å². The van der Waals surface area contributed by atoms with Crippen molar-refractivity contribution in [2.75, 3.05) is 18.1 Å². The first-order valence-electron chi connectivity index (χ1n) is 8.15. The molecular weight excluding hydrogens is 298 g/mol. The minimum atomic E-state index is -2.78. The van der Waals surface area contributed by atoms with Crippen molar-refractivity contribution < 1.29 is 13.2 Å². The molecule has 122 valence electrons. The maximum atomic E-state index is 11.5. The fourth-order valence-corrected chi connectivity index (χ4v) is 5.05. The van der Waals surface area contributed by atoms with Gasteiger partial charge in [0, 0.05) is 24.1 Å². The molecule has 1 saturated heterocycles. The second-order valence-electron chi connectivity index (χ2n) is 6.67. The van der Waals surface area contributed by atoms with Crippen LogP contribution < -0.4 is 10.1 Å². The van der Waals surface area contributed by atoms with Gasteiger partial charge in [-0.05, 0) is 31.7 Å². The standard InChI is InChI=1S/C17H25NO3S/c1-12-15-5-3-4-6-16(15)21-17(12)11-18-13(2)14-7-9-22(19,20)10-8-14/h3-6,12-14,17-18H,7-11H2,1-2H3/t12-,13?,17-/m1/s1. The average Bonchev–Trinajstić information content (AvgIpc) is 2.82. The number of fused-ring (bicyclic) bond motifs is 1. The Morgan fingerprint density at radius 3 is 2.64 bits per heavy atom. The van der Waals surface area contributed by atoms with Gasteiger partial charge in [-0.2, -0.15) is 0 Å². The molecule has 0 radical (unpaired) electrons. The molecule has 0 spiro atoms. The van der Waals surface area contributed by atoms with Gasteiger partial charge in [-0.15, -0.1) is 0 Å². The highest BCUT2D eigenvalue weighted by Gasteiger charge is 2.32. The summed E-state index contributed by atoms with van der Waals surface area (Å²) in [5.74, 6) is 2.51. The molecule has 0 amide bonds. The molecule has 0 saturated carbocycles. The van der Waals surface area contributed by atoms with Gasteiger partial charge in [0.2, 0.25) is 0 Å². The van der Waals surface area contributed by atoms with Crippen molar-refractivity contribution in [2.24, 2.45) is 5.92 Å². The van der Waals surface area contributed by atoms with E-state index in [1.54, 1.807) is 0 Å². The number of para-hydroxylation sites is 1. The van der Waals surface area contributed by atoms with E-state index in [2.05, 4.69) is 31.3 Å². The van der Waals surface area contributed by atoms with Gasteiger partial charge >= 0.3 is 0 Å². The summed E-state index contributed by atoms with van der Waals surface area (Å²) < 4.78 is 29.1. The number of ether oxygens (including phenoxy) is 1. The van der Waals surface area contributed by atoms with Crippen LogP contribution in [-0.4, -0.2) is 38.6 Å². The molecule has 0 aliphatic carbocycles. The highest BCUT2D eigenvalue weighted by Crippen LogP contribution is 2.37. The Kier molecular flexibility index (Phi) is 4.46. The van der Waals surface area contributed by atoms with Gasteiger partial charge in [-0.3, -0.25) is 0 Å². The monoisotopic (exact) mass is 323 g/mol. The van der Waals surface area contributed by atoms with Gasteiger partial charge in [0.15, 0.2) is 0 Å². The number of benzene rings is 1. The predicted molar refractivity (Wildman–Crippen MR) is 88.1 cm³/mol. The first-order valence-corrected chi connectivity index (χ1v) is 9.98. The third-order valence-electron chi connectivity index (χ3n) is 5.19. The van der Waals surface area contributed by atoms with Crippen molar-refractivity contribution in [3.05, 3.63) is 29.8 Å². The van der Waals surface area contributed by atoms with Crippen LogP contribution >= 0.6 is 0 Å². The molecule has 4 nitrogen and oxygen atoms in total. The van der Waals surface area contributed by atoms with Crippen LogP contribution in [0.3, 0.4) is 0 Å². The highest BCUT2D eigenvalue weighted by molar-refractivity contribution is 7.91. The smallest absolute Gasteiger partial charge is 0.150 e. The Labute approximate surface area is 133 Å². The van der Waals surface area contributed by atoms with Crippen LogP contribution in [0.15, 0.2) is 24.3 Å². The van der Waals surface area contributed by atoms with Crippen LogP contribution in [-0.2, 0) is 9.84 Å². The Bertz CT molecular complexity index is 615. The summed E-state index contributed by atoms with van der Waals surface area (Å²) in [6.07, 6.45) is 1.71. The SMILES string of the molecule is CC(NC[C@H]1Oc2ccccc2[C@H]1C)C1CCS(=O)(=O)CC1. The van der Waals surface area contributed by atoms with Crippen LogP contribution in [0, 0.1) is 5.92 Å². The minimum absolute atomic E-state index is 0.159. The van der Waals surface area contributed by atoms with Crippen molar-refractivity contribution in [1.29, 1.82) is 0 Å². The topological polar surface area (TPSA) is 55.4 Å². The van der Waals surface area contributed by atoms with E-state index >= 15 is 0 Å². The zero-order valence-electron chi connectivity index (χ0n) is 13.3. The van der Waals surface area contributed by atoms with Crippen molar-refractivity contribution in [1.82, 2.24) is 5.32 Å². The summed E-state index contributed by atoms with van der Waals surface area (Å²) in [5.41, 5.74) is 1.28. The van der Waals surface area contributed by atoms with E-state index in [0.29, 0.717) is 29.4 Å². The first kappa shape index (κ1) is 15.8. The van der Waals surface area contributed by atoms with E-state index in [-0.39, 0.29) is 6.10 Å². The van der Waals surface area contributed by atoms with Gasteiger partial charge in [0.05, 0.1) is 11.5 Å². The summed E-state index contributed by atoms with van der Waals surface area (Å²) in [6.45, 7) is 5.17. The number of nitrogens with one attached hydrogen (secondary N) is 1. The van der Waals surface area contributed by atoms with E-state index in [1.807, 2.05) is 12.1 Å². The molecule has 0 bridgehead atoms. The second-order valence-corrected chi connectivity index (χ2v) is 8.97. The van der Waals surface area contributed by atoms with Gasteiger partial charge in [-0.1, -0.05) is 25.1 Å². The van der Waals surface area contributed by atoms with E-state index in [9.17, 15) is 8.42 Å². The maximum absolute atomic E-state index is 11.5. The van der Waals surface area contributed by atoms with Gasteiger partial charge in [0.25, 0.3) is 0 Å². The molecule has 1 aromatic rings. The first-order chi connectivity index (χ1) is 10.5. The van der Waals surface area contributed by atoms with Crippen LogP contribution in [0.5, 0.6) is 5.75 Å². The molecular formula is C17H25NO3S. The van der Waals surface area contributed by atoms with Crippen molar-refractivity contribution >= 4 is 9.84 Å². The van der Waals surface area contributed by atoms with Crippen LogP contribution in [0.4, 0.5) is 0 Å². The van der Waals surface area contributed by atoms with Crippen molar-refractivity contribution in [3.8, 4) is 5.75 Å². The number of rotatable bonds is 4. The molecule has 2 aliphatic heterocycles. The number of hydrogen-bond donors (Lipinski definition) is 1. The Hall–Kier alpha value is -1.07. The third-order valence-corrected chi connectivity index (χ3v) is 6.91. The molecule has 3 rings (SSSR count). The molecule has 1 unspecified atom stereocenters. The van der Waals surface area contributed by atoms with E-state index in [4.69, 9.17) is 4.74 Å². The lowest BCUT2D eigenvalue weighted by molar-refractivity contribution is 0.193. The minimum Gasteiger partial charge on any atom is -0.488 e. The predicted octanol–water partition coefficient (Wildman–Crippen LogP) is 2.35. The summed E-state index contributed by atoms with van der Waals surface area (Å²) in [7, 11) is -2.78. The molecule has 3 atom stereocenters. The number of hydrogen-bond acceptors (Lipinski definition) is 4. The quantitative estimate of drug-likeness (QED) is 0.924. The second kappa shape index (κ2) is 6.20. The molecule has 2 heterocycles. The fraction of sp³-hybridized carbons (Fsp3) is 0.647. The van der Waals surface area contributed by atoms with Crippen LogP contribution in [0.25, 0.3) is 0 Å². The highest BCUT2D eigenvalue weighted by atomic mass is 32.2. The molecule has 2 aliphatic rings. The summed E-state index contributed by atoms with van der Waals surface area (Å²) in [6, 6.07) is 8.55. The lowest BCUT2D eigenvalue weighted by Gasteiger charge is -2.29. The van der Waals surface area contributed by atoms with E-state index < -0.39 is 9.84 Å². The van der Waals surface area contributed by atoms with Crippen molar-refractivity contribution in [2.45, 2.75) is 44.8 Å². The fourth-order valence-electron chi connectivity index (χ4n) is 3.52. The zero-order valence-corrected chi connectivity index (χ0v) is 14.1. The third kappa shape index (κ3) is 3.30. The molecule has 1 aromatic carbocycles. The zero-order chi connectivity index (χ0) is 15.7. The lowest BCUT2D eigenvalue weighted by atomic mass is 9.93. The largest absolute Gasteiger partial charge is 0.488 e. The van der Waals surface area contributed by atoms with Gasteiger partial charge < -0.3 is 10.1 Å². The molecule has 1 N–H and O–H groups in total. The van der Waals surface area contributed by atoms with Crippen molar-refractivity contribution in [3.63, 3.8) is 0 Å². The Morgan fingerprint density at radius 1 is 1.27 bits per heavy atom. The lowest BCUT2D eigenvalue weighted by Crippen LogP contribution is -2.43. The van der Waals surface area contributed by atoms with Crippen LogP contribution in [0.2, 0.25) is 0 Å². The molecule has 5 heteroatoms. The normalized spacial score (nSPS) is 28.8. The Morgan fingerprint density at radius 2 is 1.95 bits per heavy atom. The molecule has 0 aromatic heterocycles. The average molecular weight is 323 g/mol. The number of sulfone groups is 1. The van der Waals surface area contributed by atoms with Gasteiger partial charge in [0.1, 0.15) is 21.7 Å². The van der Waals surface area contributed by atoms with Gasteiger partial charge in [-0.25, -0.2) is 8.42 Å². The Balaban J connectivity index is 1.51. The summed E-state index contributed by atoms with van der Waals surface area (Å²) >= 11 is 0. The summed E-state index contributed by atoms with van der Waals surface area (Å²) in [5, 5.41) is 3.57. The molecule has 22 heavy (non-hydrogen) atoms.